The van der Waals surface area contributed by atoms with Gasteiger partial charge in [0.15, 0.2) is 0 Å². The number of hydrogen-bond acceptors (Lipinski definition) is 4. The average Bonchev–Trinajstić information content (AvgIpc) is 2.37. The summed E-state index contributed by atoms with van der Waals surface area (Å²) < 4.78 is 16.9. The van der Waals surface area contributed by atoms with Gasteiger partial charge in [-0.2, -0.15) is 0 Å². The number of rotatable bonds is 9. The van der Waals surface area contributed by atoms with Crippen LogP contribution in [-0.2, 0) is 9.47 Å². The van der Waals surface area contributed by atoms with Gasteiger partial charge in [-0.05, 0) is 31.0 Å². The molecule has 0 aliphatic heterocycles. The van der Waals surface area contributed by atoms with Crippen molar-refractivity contribution in [2.45, 2.75) is 19.4 Å². The number of halogens is 1. The first-order chi connectivity index (χ1) is 9.15. The van der Waals surface area contributed by atoms with Gasteiger partial charge in [0.2, 0.25) is 0 Å². The van der Waals surface area contributed by atoms with E-state index in [2.05, 4.69) is 15.9 Å². The second-order valence-corrected chi connectivity index (χ2v) is 5.13. The molecule has 0 saturated heterocycles. The maximum atomic E-state index is 5.84. The van der Waals surface area contributed by atoms with Crippen LogP contribution < -0.4 is 10.5 Å². The molecule has 0 aliphatic carbocycles. The van der Waals surface area contributed by atoms with Gasteiger partial charge >= 0.3 is 0 Å². The number of ether oxygens (including phenoxy) is 3. The highest BCUT2D eigenvalue weighted by atomic mass is 79.9. The lowest BCUT2D eigenvalue weighted by atomic mass is 10.1. The first-order valence-corrected chi connectivity index (χ1v) is 7.19. The summed E-state index contributed by atoms with van der Waals surface area (Å²) in [7, 11) is 1.69. The predicted octanol–water partition coefficient (Wildman–Crippen LogP) is 2.90. The molecular weight excluding hydrogens is 310 g/mol. The molecule has 0 aliphatic rings. The van der Waals surface area contributed by atoms with Crippen LogP contribution >= 0.6 is 15.9 Å². The molecule has 0 heterocycles. The maximum Gasteiger partial charge on any atom is 0.120 e. The topological polar surface area (TPSA) is 53.7 Å². The lowest BCUT2D eigenvalue weighted by Gasteiger charge is -2.11. The van der Waals surface area contributed by atoms with Crippen LogP contribution in [0.1, 0.15) is 24.9 Å². The van der Waals surface area contributed by atoms with Gasteiger partial charge in [-0.3, -0.25) is 0 Å². The molecule has 0 unspecified atom stereocenters. The molecule has 0 aromatic heterocycles. The van der Waals surface area contributed by atoms with Crippen LogP contribution in [0.4, 0.5) is 0 Å². The molecule has 1 aromatic rings. The molecule has 0 fully saturated rings. The summed E-state index contributed by atoms with van der Waals surface area (Å²) in [5.74, 6) is 0.816. The Morgan fingerprint density at radius 2 is 2.00 bits per heavy atom. The van der Waals surface area contributed by atoms with Gasteiger partial charge in [-0.25, -0.2) is 0 Å². The highest BCUT2D eigenvalue weighted by molar-refractivity contribution is 9.10. The Labute approximate surface area is 123 Å². The van der Waals surface area contributed by atoms with Crippen molar-refractivity contribution in [3.63, 3.8) is 0 Å². The summed E-state index contributed by atoms with van der Waals surface area (Å²) in [6.07, 6.45) is 0.908. The van der Waals surface area contributed by atoms with E-state index in [4.69, 9.17) is 19.9 Å². The Morgan fingerprint density at radius 1 is 1.21 bits per heavy atom. The zero-order valence-corrected chi connectivity index (χ0v) is 13.1. The third kappa shape index (κ3) is 6.38. The fourth-order valence-corrected chi connectivity index (χ4v) is 2.31. The van der Waals surface area contributed by atoms with E-state index in [1.807, 2.05) is 25.1 Å². The van der Waals surface area contributed by atoms with Gasteiger partial charge in [-0.15, -0.1) is 0 Å². The first kappa shape index (κ1) is 16.4. The van der Waals surface area contributed by atoms with E-state index in [0.29, 0.717) is 19.8 Å². The van der Waals surface area contributed by atoms with E-state index in [1.54, 1.807) is 7.11 Å². The third-order valence-electron chi connectivity index (χ3n) is 2.60. The van der Waals surface area contributed by atoms with Crippen molar-refractivity contribution >= 4 is 15.9 Å². The van der Waals surface area contributed by atoms with Crippen LogP contribution in [-0.4, -0.2) is 33.5 Å². The summed E-state index contributed by atoms with van der Waals surface area (Å²) >= 11 is 3.49. The number of nitrogens with two attached hydrogens (primary N) is 1. The lowest BCUT2D eigenvalue weighted by Crippen LogP contribution is -2.09. The fourth-order valence-electron chi connectivity index (χ4n) is 1.59. The smallest absolute Gasteiger partial charge is 0.120 e. The van der Waals surface area contributed by atoms with Gasteiger partial charge < -0.3 is 19.9 Å². The van der Waals surface area contributed by atoms with Crippen LogP contribution in [0.25, 0.3) is 0 Å². The molecule has 0 saturated carbocycles. The molecule has 0 bridgehead atoms. The molecule has 0 spiro atoms. The standard InChI is InChI=1S/C14H22BrNO3/c1-11(16)13-5-4-12(10-14(13)15)19-9-8-18-7-3-6-17-2/h4-5,10-11H,3,6-9,16H2,1-2H3/t11-/m0/s1. The van der Waals surface area contributed by atoms with Gasteiger partial charge in [0.05, 0.1) is 6.61 Å². The molecule has 1 atom stereocenters. The Balaban J connectivity index is 2.25. The predicted molar refractivity (Wildman–Crippen MR) is 79.6 cm³/mol. The number of hydrogen-bond donors (Lipinski definition) is 1. The van der Waals surface area contributed by atoms with E-state index < -0.39 is 0 Å². The first-order valence-electron chi connectivity index (χ1n) is 6.39. The number of methoxy groups -OCH3 is 1. The van der Waals surface area contributed by atoms with Crippen LogP contribution in [0.2, 0.25) is 0 Å². The molecule has 1 rings (SSSR count). The SMILES string of the molecule is COCCCOCCOc1ccc([C@H](C)N)c(Br)c1. The Bertz CT molecular complexity index is 372. The van der Waals surface area contributed by atoms with Crippen LogP contribution in [0, 0.1) is 0 Å². The summed E-state index contributed by atoms with van der Waals surface area (Å²) in [5.41, 5.74) is 6.92. The second-order valence-electron chi connectivity index (χ2n) is 4.28. The van der Waals surface area contributed by atoms with Gasteiger partial charge in [0.1, 0.15) is 12.4 Å². The van der Waals surface area contributed by atoms with Crippen molar-refractivity contribution in [1.29, 1.82) is 0 Å². The molecule has 108 valence electrons. The van der Waals surface area contributed by atoms with Crippen LogP contribution in [0.3, 0.4) is 0 Å². The minimum Gasteiger partial charge on any atom is -0.491 e. The minimum atomic E-state index is 0.00698. The van der Waals surface area contributed by atoms with E-state index in [-0.39, 0.29) is 6.04 Å². The highest BCUT2D eigenvalue weighted by Gasteiger charge is 2.06. The molecule has 5 heteroatoms. The quantitative estimate of drug-likeness (QED) is 0.707. The Kier molecular flexibility index (Phi) is 8.05. The summed E-state index contributed by atoms with van der Waals surface area (Å²) in [6.45, 7) is 4.50. The van der Waals surface area contributed by atoms with Crippen molar-refractivity contribution in [2.75, 3.05) is 33.5 Å². The molecular formula is C14H22BrNO3. The Morgan fingerprint density at radius 3 is 2.63 bits per heavy atom. The average molecular weight is 332 g/mol. The summed E-state index contributed by atoms with van der Waals surface area (Å²) in [5, 5.41) is 0. The van der Waals surface area contributed by atoms with Gasteiger partial charge in [-0.1, -0.05) is 22.0 Å². The van der Waals surface area contributed by atoms with Crippen molar-refractivity contribution < 1.29 is 14.2 Å². The van der Waals surface area contributed by atoms with Crippen molar-refractivity contribution in [3.8, 4) is 5.75 Å². The maximum absolute atomic E-state index is 5.84. The monoisotopic (exact) mass is 331 g/mol. The lowest BCUT2D eigenvalue weighted by molar-refractivity contribution is 0.0806. The largest absolute Gasteiger partial charge is 0.491 e. The second kappa shape index (κ2) is 9.31. The highest BCUT2D eigenvalue weighted by Crippen LogP contribution is 2.26. The van der Waals surface area contributed by atoms with Crippen LogP contribution in [0.5, 0.6) is 5.75 Å². The van der Waals surface area contributed by atoms with Crippen molar-refractivity contribution in [2.24, 2.45) is 5.73 Å². The number of benzene rings is 1. The molecule has 1 aromatic carbocycles. The van der Waals surface area contributed by atoms with Gasteiger partial charge in [0.25, 0.3) is 0 Å². The third-order valence-corrected chi connectivity index (χ3v) is 3.28. The summed E-state index contributed by atoms with van der Waals surface area (Å²) in [6, 6.07) is 5.84. The Hall–Kier alpha value is -0.620. The zero-order chi connectivity index (χ0) is 14.1. The van der Waals surface area contributed by atoms with Crippen molar-refractivity contribution in [3.05, 3.63) is 28.2 Å². The van der Waals surface area contributed by atoms with Crippen LogP contribution in [0.15, 0.2) is 22.7 Å². The molecule has 0 amide bonds. The molecule has 19 heavy (non-hydrogen) atoms. The van der Waals surface area contributed by atoms with E-state index in [9.17, 15) is 0 Å². The van der Waals surface area contributed by atoms with Gasteiger partial charge in [0, 0.05) is 30.8 Å². The van der Waals surface area contributed by atoms with E-state index in [0.717, 1.165) is 28.8 Å². The summed E-state index contributed by atoms with van der Waals surface area (Å²) in [4.78, 5) is 0. The van der Waals surface area contributed by atoms with Crippen molar-refractivity contribution in [1.82, 2.24) is 0 Å². The minimum absolute atomic E-state index is 0.00698. The fraction of sp³-hybridized carbons (Fsp3) is 0.571. The molecule has 0 radical (unpaired) electrons. The normalized spacial score (nSPS) is 12.4. The molecule has 2 N–H and O–H groups in total. The molecule has 4 nitrogen and oxygen atoms in total. The zero-order valence-electron chi connectivity index (χ0n) is 11.5. The van der Waals surface area contributed by atoms with E-state index in [1.165, 1.54) is 0 Å². The van der Waals surface area contributed by atoms with E-state index >= 15 is 0 Å².